The molecule has 1 aromatic heterocycles. The molecule has 4 rings (SSSR count). The summed E-state index contributed by atoms with van der Waals surface area (Å²) >= 11 is 0.896. The number of carbonyl (C=O) groups is 2. The zero-order valence-corrected chi connectivity index (χ0v) is 17.6. The fourth-order valence-corrected chi connectivity index (χ4v) is 4.06. The van der Waals surface area contributed by atoms with Crippen molar-refractivity contribution < 1.29 is 27.8 Å². The van der Waals surface area contributed by atoms with Crippen LogP contribution in [0.25, 0.3) is 10.2 Å². The van der Waals surface area contributed by atoms with Crippen molar-refractivity contribution in [3.05, 3.63) is 88.7 Å². The van der Waals surface area contributed by atoms with Crippen molar-refractivity contribution in [3.8, 4) is 11.5 Å². The van der Waals surface area contributed by atoms with Gasteiger partial charge in [-0.05, 0) is 42.5 Å². The van der Waals surface area contributed by atoms with Crippen molar-refractivity contribution in [2.45, 2.75) is 6.54 Å². The van der Waals surface area contributed by atoms with Gasteiger partial charge in [0, 0.05) is 11.6 Å². The van der Waals surface area contributed by atoms with Crippen molar-refractivity contribution in [1.29, 1.82) is 0 Å². The summed E-state index contributed by atoms with van der Waals surface area (Å²) in [5.74, 6) is -1.72. The molecule has 0 fully saturated rings. The van der Waals surface area contributed by atoms with E-state index in [0.29, 0.717) is 17.6 Å². The van der Waals surface area contributed by atoms with E-state index >= 15 is 0 Å². The highest BCUT2D eigenvalue weighted by atomic mass is 32.1. The van der Waals surface area contributed by atoms with Crippen LogP contribution in [0.15, 0.2) is 71.7 Å². The second-order valence-corrected chi connectivity index (χ2v) is 7.65. The number of hydrogen-bond donors (Lipinski definition) is 0. The second-order valence-electron chi connectivity index (χ2n) is 6.64. The number of fused-ring (bicyclic) bond motifs is 1. The van der Waals surface area contributed by atoms with E-state index in [-0.39, 0.29) is 27.1 Å². The zero-order valence-electron chi connectivity index (χ0n) is 16.7. The largest absolute Gasteiger partial charge is 0.468 e. The van der Waals surface area contributed by atoms with Gasteiger partial charge in [0.25, 0.3) is 5.91 Å². The van der Waals surface area contributed by atoms with E-state index in [1.165, 1.54) is 11.7 Å². The number of carbonyl (C=O) groups excluding carboxylic acids is 2. The molecule has 0 spiro atoms. The van der Waals surface area contributed by atoms with E-state index in [2.05, 4.69) is 9.73 Å². The standard InChI is InChI=1S/C23H16F2N2O4S/c1-30-20(28)13-27-21-18(25)11-15(24)12-19(21)32-23(27)26-22(29)14-7-9-17(10-8-14)31-16-5-3-2-4-6-16/h2-12H,13H2,1H3. The van der Waals surface area contributed by atoms with Gasteiger partial charge in [0.1, 0.15) is 23.9 Å². The van der Waals surface area contributed by atoms with Gasteiger partial charge < -0.3 is 14.0 Å². The lowest BCUT2D eigenvalue weighted by Gasteiger charge is -2.06. The molecule has 0 aliphatic rings. The molecular formula is C23H16F2N2O4S. The monoisotopic (exact) mass is 454 g/mol. The third kappa shape index (κ3) is 4.57. The number of rotatable bonds is 5. The van der Waals surface area contributed by atoms with Crippen LogP contribution in [0.4, 0.5) is 8.78 Å². The highest BCUT2D eigenvalue weighted by molar-refractivity contribution is 7.16. The number of thiazole rings is 1. The number of hydrogen-bond acceptors (Lipinski definition) is 5. The Morgan fingerprint density at radius 2 is 1.69 bits per heavy atom. The number of benzene rings is 3. The predicted molar refractivity (Wildman–Crippen MR) is 115 cm³/mol. The fourth-order valence-electron chi connectivity index (χ4n) is 3.00. The summed E-state index contributed by atoms with van der Waals surface area (Å²) in [5, 5.41) is 0. The Balaban J connectivity index is 1.68. The summed E-state index contributed by atoms with van der Waals surface area (Å²) in [6, 6.07) is 17.3. The Kier molecular flexibility index (Phi) is 6.09. The van der Waals surface area contributed by atoms with E-state index in [1.54, 1.807) is 36.4 Å². The second kappa shape index (κ2) is 9.11. The lowest BCUT2D eigenvalue weighted by atomic mass is 10.2. The maximum Gasteiger partial charge on any atom is 0.325 e. The Morgan fingerprint density at radius 1 is 1.00 bits per heavy atom. The van der Waals surface area contributed by atoms with Gasteiger partial charge in [0.05, 0.1) is 17.3 Å². The molecule has 0 unspecified atom stereocenters. The third-order valence-electron chi connectivity index (χ3n) is 4.49. The molecule has 0 saturated carbocycles. The maximum absolute atomic E-state index is 14.4. The van der Waals surface area contributed by atoms with Crippen molar-refractivity contribution in [2.75, 3.05) is 7.11 Å². The van der Waals surface area contributed by atoms with E-state index in [4.69, 9.17) is 4.74 Å². The minimum Gasteiger partial charge on any atom is -0.468 e. The average Bonchev–Trinajstić information content (AvgIpc) is 3.11. The molecule has 162 valence electrons. The molecular weight excluding hydrogens is 438 g/mol. The van der Waals surface area contributed by atoms with Crippen LogP contribution in [0.3, 0.4) is 0 Å². The van der Waals surface area contributed by atoms with Crippen molar-refractivity contribution in [1.82, 2.24) is 4.57 Å². The first-order valence-electron chi connectivity index (χ1n) is 9.42. The van der Waals surface area contributed by atoms with Crippen LogP contribution in [-0.4, -0.2) is 23.6 Å². The van der Waals surface area contributed by atoms with Gasteiger partial charge >= 0.3 is 5.97 Å². The number of para-hydroxylation sites is 1. The highest BCUT2D eigenvalue weighted by Gasteiger charge is 2.17. The Bertz CT molecular complexity index is 1360. The normalized spacial score (nSPS) is 11.5. The molecule has 0 N–H and O–H groups in total. The molecule has 9 heteroatoms. The number of halogens is 2. The van der Waals surface area contributed by atoms with Gasteiger partial charge in [-0.2, -0.15) is 4.99 Å². The smallest absolute Gasteiger partial charge is 0.325 e. The van der Waals surface area contributed by atoms with Crippen LogP contribution in [0.2, 0.25) is 0 Å². The molecule has 0 atom stereocenters. The van der Waals surface area contributed by atoms with Crippen molar-refractivity contribution in [2.24, 2.45) is 4.99 Å². The Morgan fingerprint density at radius 3 is 2.38 bits per heavy atom. The quantitative estimate of drug-likeness (QED) is 0.411. The van der Waals surface area contributed by atoms with Gasteiger partial charge in [-0.3, -0.25) is 9.59 Å². The fraction of sp³-hybridized carbons (Fsp3) is 0.0870. The molecule has 32 heavy (non-hydrogen) atoms. The van der Waals surface area contributed by atoms with Gasteiger partial charge in [0.15, 0.2) is 10.6 Å². The van der Waals surface area contributed by atoms with E-state index in [0.717, 1.165) is 17.4 Å². The van der Waals surface area contributed by atoms with Gasteiger partial charge in [-0.1, -0.05) is 29.5 Å². The minimum absolute atomic E-state index is 0.0278. The third-order valence-corrected chi connectivity index (χ3v) is 5.51. The number of amides is 1. The predicted octanol–water partition coefficient (Wildman–Crippen LogP) is 4.69. The first-order valence-corrected chi connectivity index (χ1v) is 10.2. The number of aromatic nitrogens is 1. The van der Waals surface area contributed by atoms with Gasteiger partial charge in [-0.25, -0.2) is 8.78 Å². The van der Waals surface area contributed by atoms with E-state index in [1.807, 2.05) is 18.2 Å². The lowest BCUT2D eigenvalue weighted by molar-refractivity contribution is -0.141. The van der Waals surface area contributed by atoms with Gasteiger partial charge in [-0.15, -0.1) is 0 Å². The summed E-state index contributed by atoms with van der Waals surface area (Å²) in [6.07, 6.45) is 0. The molecule has 0 aliphatic carbocycles. The SMILES string of the molecule is COC(=O)Cn1c(=NC(=O)c2ccc(Oc3ccccc3)cc2)sc2cc(F)cc(F)c21. The van der Waals surface area contributed by atoms with Crippen molar-refractivity contribution >= 4 is 33.4 Å². The topological polar surface area (TPSA) is 69.9 Å². The Hall–Kier alpha value is -3.85. The molecule has 1 heterocycles. The molecule has 4 aromatic rings. The van der Waals surface area contributed by atoms with E-state index in [9.17, 15) is 18.4 Å². The maximum atomic E-state index is 14.4. The van der Waals surface area contributed by atoms with Crippen LogP contribution >= 0.6 is 11.3 Å². The minimum atomic E-state index is -0.864. The number of ether oxygens (including phenoxy) is 2. The average molecular weight is 454 g/mol. The number of esters is 1. The lowest BCUT2D eigenvalue weighted by Crippen LogP contribution is -2.22. The van der Waals surface area contributed by atoms with Crippen LogP contribution in [0.1, 0.15) is 10.4 Å². The molecule has 0 bridgehead atoms. The summed E-state index contributed by atoms with van der Waals surface area (Å²) < 4.78 is 39.8. The first-order chi connectivity index (χ1) is 15.4. The molecule has 0 radical (unpaired) electrons. The van der Waals surface area contributed by atoms with E-state index < -0.39 is 23.5 Å². The van der Waals surface area contributed by atoms with Crippen LogP contribution < -0.4 is 9.54 Å². The van der Waals surface area contributed by atoms with Gasteiger partial charge in [0.2, 0.25) is 0 Å². The zero-order chi connectivity index (χ0) is 22.7. The molecule has 0 aliphatic heterocycles. The molecule has 1 amide bonds. The number of methoxy groups -OCH3 is 1. The number of nitrogens with zero attached hydrogens (tertiary/aromatic N) is 2. The molecule has 3 aromatic carbocycles. The van der Waals surface area contributed by atoms with Crippen LogP contribution in [0.5, 0.6) is 11.5 Å². The molecule has 0 saturated heterocycles. The first kappa shape index (κ1) is 21.4. The van der Waals surface area contributed by atoms with Crippen LogP contribution in [0, 0.1) is 11.6 Å². The van der Waals surface area contributed by atoms with Crippen LogP contribution in [-0.2, 0) is 16.1 Å². The highest BCUT2D eigenvalue weighted by Crippen LogP contribution is 2.23. The summed E-state index contributed by atoms with van der Waals surface area (Å²) in [6.45, 7) is -0.380. The summed E-state index contributed by atoms with van der Waals surface area (Å²) in [7, 11) is 1.19. The summed E-state index contributed by atoms with van der Waals surface area (Å²) in [4.78, 5) is 28.6. The Labute approximate surface area is 185 Å². The summed E-state index contributed by atoms with van der Waals surface area (Å²) in [5.41, 5.74) is 0.235. The molecule has 6 nitrogen and oxygen atoms in total. The van der Waals surface area contributed by atoms with Crippen molar-refractivity contribution in [3.63, 3.8) is 0 Å².